The lowest BCUT2D eigenvalue weighted by atomic mass is 10.0. The summed E-state index contributed by atoms with van der Waals surface area (Å²) in [6.45, 7) is 3.83. The number of nitrogens with zero attached hydrogens (tertiary/aromatic N) is 3. The molecule has 1 aliphatic heterocycles. The van der Waals surface area contributed by atoms with Gasteiger partial charge in [0.25, 0.3) is 5.91 Å². The summed E-state index contributed by atoms with van der Waals surface area (Å²) in [6.07, 6.45) is 3.86. The Balaban J connectivity index is 1.58. The van der Waals surface area contributed by atoms with E-state index in [1.807, 2.05) is 53.6 Å². The summed E-state index contributed by atoms with van der Waals surface area (Å²) in [5, 5.41) is 0. The van der Waals surface area contributed by atoms with Gasteiger partial charge in [0.05, 0.1) is 5.69 Å². The molecule has 0 bridgehead atoms. The zero-order valence-corrected chi connectivity index (χ0v) is 14.4. The predicted octanol–water partition coefficient (Wildman–Crippen LogP) is 3.38. The van der Waals surface area contributed by atoms with Crippen molar-refractivity contribution in [3.8, 4) is 0 Å². The van der Waals surface area contributed by atoms with Crippen LogP contribution < -0.4 is 0 Å². The van der Waals surface area contributed by atoms with Crippen LogP contribution in [-0.2, 0) is 0 Å². The minimum absolute atomic E-state index is 0.148. The lowest BCUT2D eigenvalue weighted by Gasteiger charge is -2.39. The highest BCUT2D eigenvalue weighted by atomic mass is 16.2. The molecule has 1 aromatic carbocycles. The van der Waals surface area contributed by atoms with Crippen molar-refractivity contribution in [3.05, 3.63) is 66.0 Å². The van der Waals surface area contributed by atoms with Gasteiger partial charge in [-0.25, -0.2) is 0 Å². The van der Waals surface area contributed by atoms with Crippen LogP contribution in [0.25, 0.3) is 0 Å². The molecule has 0 N–H and O–H groups in total. The van der Waals surface area contributed by atoms with Crippen molar-refractivity contribution in [3.63, 3.8) is 0 Å². The summed E-state index contributed by atoms with van der Waals surface area (Å²) in [7, 11) is 2.17. The molecule has 1 aromatic heterocycles. The third-order valence-corrected chi connectivity index (χ3v) is 5.08. The van der Waals surface area contributed by atoms with Crippen LogP contribution >= 0.6 is 0 Å². The molecule has 2 heterocycles. The second kappa shape index (κ2) is 7.58. The minimum atomic E-state index is 0.148. The Morgan fingerprint density at radius 3 is 2.42 bits per heavy atom. The molecule has 0 aliphatic carbocycles. The van der Waals surface area contributed by atoms with E-state index < -0.39 is 0 Å². The van der Waals surface area contributed by atoms with E-state index in [0.717, 1.165) is 37.2 Å². The van der Waals surface area contributed by atoms with Crippen LogP contribution in [0, 0.1) is 0 Å². The number of amides is 1. The fraction of sp³-hybridized carbons (Fsp3) is 0.400. The Morgan fingerprint density at radius 1 is 1.12 bits per heavy atom. The first-order valence-electron chi connectivity index (χ1n) is 8.64. The van der Waals surface area contributed by atoms with Crippen molar-refractivity contribution < 1.29 is 4.79 Å². The number of carbonyl (C=O) groups is 1. The highest BCUT2D eigenvalue weighted by Gasteiger charge is 2.28. The molecule has 0 saturated carbocycles. The lowest BCUT2D eigenvalue weighted by molar-refractivity contribution is 0.0604. The van der Waals surface area contributed by atoms with Crippen LogP contribution in [0.5, 0.6) is 0 Å². The maximum Gasteiger partial charge on any atom is 0.253 e. The number of carbonyl (C=O) groups excluding carboxylic acids is 1. The van der Waals surface area contributed by atoms with E-state index in [4.69, 9.17) is 0 Å². The van der Waals surface area contributed by atoms with Gasteiger partial charge in [-0.1, -0.05) is 24.3 Å². The van der Waals surface area contributed by atoms with Crippen LogP contribution in [-0.4, -0.2) is 46.9 Å². The van der Waals surface area contributed by atoms with Crippen molar-refractivity contribution in [1.29, 1.82) is 0 Å². The Bertz CT molecular complexity index is 651. The smallest absolute Gasteiger partial charge is 0.253 e. The normalized spacial score (nSPS) is 17.0. The average Bonchev–Trinajstić information content (AvgIpc) is 2.68. The number of piperidine rings is 1. The number of pyridine rings is 1. The highest BCUT2D eigenvalue weighted by molar-refractivity contribution is 5.94. The molecular formula is C20H25N3O. The monoisotopic (exact) mass is 323 g/mol. The Labute approximate surface area is 144 Å². The molecule has 4 heteroatoms. The maximum absolute atomic E-state index is 12.5. The van der Waals surface area contributed by atoms with Crippen molar-refractivity contribution in [2.24, 2.45) is 0 Å². The van der Waals surface area contributed by atoms with Gasteiger partial charge in [0.15, 0.2) is 0 Å². The molecule has 126 valence electrons. The standard InChI is InChI=1S/C20H25N3O/c1-16(19-10-6-7-13-21-19)22(2)18-11-14-23(15-12-18)20(24)17-8-4-3-5-9-17/h3-10,13,16,18H,11-12,14-15H2,1-2H3/t16-/m0/s1. The quantitative estimate of drug-likeness (QED) is 0.865. The first-order chi connectivity index (χ1) is 11.7. The molecule has 0 unspecified atom stereocenters. The minimum Gasteiger partial charge on any atom is -0.339 e. The van der Waals surface area contributed by atoms with Gasteiger partial charge in [0, 0.05) is 36.9 Å². The van der Waals surface area contributed by atoms with E-state index in [2.05, 4.69) is 29.9 Å². The number of rotatable bonds is 4. The molecule has 0 radical (unpaired) electrons. The Kier molecular flexibility index (Phi) is 5.26. The molecule has 1 saturated heterocycles. The molecule has 24 heavy (non-hydrogen) atoms. The molecule has 1 amide bonds. The maximum atomic E-state index is 12.5. The average molecular weight is 323 g/mol. The Hall–Kier alpha value is -2.20. The van der Waals surface area contributed by atoms with E-state index in [0.29, 0.717) is 6.04 Å². The van der Waals surface area contributed by atoms with Crippen molar-refractivity contribution in [2.75, 3.05) is 20.1 Å². The third-order valence-electron chi connectivity index (χ3n) is 5.08. The van der Waals surface area contributed by atoms with Gasteiger partial charge in [0.1, 0.15) is 0 Å². The predicted molar refractivity (Wildman–Crippen MR) is 95.8 cm³/mol. The van der Waals surface area contributed by atoms with Crippen molar-refractivity contribution in [1.82, 2.24) is 14.8 Å². The van der Waals surface area contributed by atoms with Crippen molar-refractivity contribution >= 4 is 5.91 Å². The number of aromatic nitrogens is 1. The highest BCUT2D eigenvalue weighted by Crippen LogP contribution is 2.25. The SMILES string of the molecule is C[C@@H](c1ccccn1)N(C)C1CCN(C(=O)c2ccccc2)CC1. The van der Waals surface area contributed by atoms with Gasteiger partial charge >= 0.3 is 0 Å². The first-order valence-corrected chi connectivity index (χ1v) is 8.64. The molecule has 0 spiro atoms. The summed E-state index contributed by atoms with van der Waals surface area (Å²) >= 11 is 0. The van der Waals surface area contributed by atoms with Crippen LogP contribution in [0.2, 0.25) is 0 Å². The van der Waals surface area contributed by atoms with Gasteiger partial charge in [0.2, 0.25) is 0 Å². The third kappa shape index (κ3) is 3.65. The summed E-state index contributed by atoms with van der Waals surface area (Å²) in [6, 6.07) is 16.4. The van der Waals surface area contributed by atoms with Gasteiger partial charge in [-0.2, -0.15) is 0 Å². The number of hydrogen-bond acceptors (Lipinski definition) is 3. The summed E-state index contributed by atoms with van der Waals surface area (Å²) in [5.41, 5.74) is 1.88. The van der Waals surface area contributed by atoms with E-state index in [1.54, 1.807) is 0 Å². The summed E-state index contributed by atoms with van der Waals surface area (Å²) in [5.74, 6) is 0.148. The topological polar surface area (TPSA) is 36.4 Å². The van der Waals surface area contributed by atoms with Gasteiger partial charge in [-0.05, 0) is 51.1 Å². The fourth-order valence-electron chi connectivity index (χ4n) is 3.39. The number of hydrogen-bond donors (Lipinski definition) is 0. The molecule has 3 rings (SSSR count). The van der Waals surface area contributed by atoms with Crippen LogP contribution in [0.4, 0.5) is 0 Å². The van der Waals surface area contributed by atoms with Gasteiger partial charge in [-0.3, -0.25) is 14.7 Å². The zero-order chi connectivity index (χ0) is 16.9. The van der Waals surface area contributed by atoms with Gasteiger partial charge in [-0.15, -0.1) is 0 Å². The summed E-state index contributed by atoms with van der Waals surface area (Å²) < 4.78 is 0. The van der Waals surface area contributed by atoms with Crippen molar-refractivity contribution in [2.45, 2.75) is 31.8 Å². The molecule has 1 fully saturated rings. The van der Waals surface area contributed by atoms with E-state index in [-0.39, 0.29) is 11.9 Å². The number of benzene rings is 1. The van der Waals surface area contributed by atoms with Gasteiger partial charge < -0.3 is 4.90 Å². The van der Waals surface area contributed by atoms with E-state index in [1.165, 1.54) is 0 Å². The lowest BCUT2D eigenvalue weighted by Crippen LogP contribution is -2.46. The van der Waals surface area contributed by atoms with E-state index >= 15 is 0 Å². The fourth-order valence-corrected chi connectivity index (χ4v) is 3.39. The molecular weight excluding hydrogens is 298 g/mol. The van der Waals surface area contributed by atoms with Crippen LogP contribution in [0.3, 0.4) is 0 Å². The second-order valence-electron chi connectivity index (χ2n) is 6.49. The largest absolute Gasteiger partial charge is 0.339 e. The molecule has 2 aromatic rings. The second-order valence-corrected chi connectivity index (χ2v) is 6.49. The number of likely N-dealkylation sites (tertiary alicyclic amines) is 1. The zero-order valence-electron chi connectivity index (χ0n) is 14.4. The van der Waals surface area contributed by atoms with E-state index in [9.17, 15) is 4.79 Å². The van der Waals surface area contributed by atoms with Crippen LogP contribution in [0.15, 0.2) is 54.7 Å². The molecule has 1 aliphatic rings. The van der Waals surface area contributed by atoms with Crippen LogP contribution in [0.1, 0.15) is 41.9 Å². The molecule has 1 atom stereocenters. The summed E-state index contributed by atoms with van der Waals surface area (Å²) in [4.78, 5) is 21.4. The Morgan fingerprint density at radius 2 is 1.79 bits per heavy atom. The first kappa shape index (κ1) is 16.7. The molecule has 4 nitrogen and oxygen atoms in total.